The van der Waals surface area contributed by atoms with Crippen LogP contribution in [0.4, 0.5) is 0 Å². The highest BCUT2D eigenvalue weighted by Gasteiger charge is 2.14. The Labute approximate surface area is 142 Å². The molecule has 0 aliphatic heterocycles. The molecule has 24 heavy (non-hydrogen) atoms. The molecule has 0 radical (unpaired) electrons. The summed E-state index contributed by atoms with van der Waals surface area (Å²) in [6.45, 7) is 4.89. The number of aryl methyl sites for hydroxylation is 3. The molecule has 0 saturated heterocycles. The Hall–Kier alpha value is -2.53. The monoisotopic (exact) mass is 321 g/mol. The molecule has 0 saturated carbocycles. The van der Waals surface area contributed by atoms with Crippen molar-refractivity contribution in [2.75, 3.05) is 0 Å². The van der Waals surface area contributed by atoms with Crippen molar-refractivity contribution in [1.82, 2.24) is 25.5 Å². The number of hydrogen-bond donors (Lipinski definition) is 1. The van der Waals surface area contributed by atoms with E-state index in [1.165, 1.54) is 27.1 Å². The maximum atomic E-state index is 4.25. The zero-order valence-corrected chi connectivity index (χ0v) is 14.4. The van der Waals surface area contributed by atoms with Crippen LogP contribution in [0.15, 0.2) is 48.5 Å². The standard InChI is InChI=1S/C19H23N5/c1-14-9-10-17(11-15(14)2)18(12-16-7-5-4-6-8-16)20-13-19-21-23-24(3)22-19/h4-11,18,20H,12-13H2,1-3H3/t18-/m0/s1. The molecule has 1 N–H and O–H groups in total. The topological polar surface area (TPSA) is 55.6 Å². The second-order valence-corrected chi connectivity index (χ2v) is 6.16. The lowest BCUT2D eigenvalue weighted by molar-refractivity contribution is 0.517. The molecule has 124 valence electrons. The normalized spacial score (nSPS) is 12.3. The van der Waals surface area contributed by atoms with Gasteiger partial charge in [0, 0.05) is 6.04 Å². The molecule has 5 nitrogen and oxygen atoms in total. The summed E-state index contributed by atoms with van der Waals surface area (Å²) in [6.07, 6.45) is 0.920. The van der Waals surface area contributed by atoms with Crippen molar-refractivity contribution >= 4 is 0 Å². The third kappa shape index (κ3) is 4.06. The molecule has 0 aliphatic rings. The van der Waals surface area contributed by atoms with Crippen molar-refractivity contribution in [2.24, 2.45) is 7.05 Å². The van der Waals surface area contributed by atoms with E-state index in [-0.39, 0.29) is 6.04 Å². The van der Waals surface area contributed by atoms with Gasteiger partial charge in [-0.3, -0.25) is 0 Å². The second-order valence-electron chi connectivity index (χ2n) is 6.16. The lowest BCUT2D eigenvalue weighted by Gasteiger charge is -2.20. The summed E-state index contributed by atoms with van der Waals surface area (Å²) in [6, 6.07) is 17.4. The molecule has 2 aromatic carbocycles. The first-order chi connectivity index (χ1) is 11.6. The SMILES string of the molecule is Cc1ccc([C@H](Cc2ccccc2)NCc2nnn(C)n2)cc1C. The molecule has 0 fully saturated rings. The minimum absolute atomic E-state index is 0.204. The van der Waals surface area contributed by atoms with Crippen molar-refractivity contribution in [2.45, 2.75) is 32.9 Å². The van der Waals surface area contributed by atoms with Crippen molar-refractivity contribution < 1.29 is 0 Å². The molecular formula is C19H23N5. The van der Waals surface area contributed by atoms with Crippen molar-refractivity contribution in [3.63, 3.8) is 0 Å². The van der Waals surface area contributed by atoms with E-state index < -0.39 is 0 Å². The van der Waals surface area contributed by atoms with E-state index in [0.29, 0.717) is 12.4 Å². The van der Waals surface area contributed by atoms with Crippen LogP contribution < -0.4 is 5.32 Å². The lowest BCUT2D eigenvalue weighted by atomic mass is 9.96. The van der Waals surface area contributed by atoms with Crippen LogP contribution in [0.5, 0.6) is 0 Å². The molecule has 0 aliphatic carbocycles. The molecule has 0 bridgehead atoms. The van der Waals surface area contributed by atoms with Gasteiger partial charge in [0.2, 0.25) is 0 Å². The van der Waals surface area contributed by atoms with Crippen LogP contribution in [0, 0.1) is 13.8 Å². The zero-order valence-electron chi connectivity index (χ0n) is 14.4. The van der Waals surface area contributed by atoms with Gasteiger partial charge in [0.1, 0.15) is 0 Å². The largest absolute Gasteiger partial charge is 0.302 e. The highest BCUT2D eigenvalue weighted by molar-refractivity contribution is 5.33. The van der Waals surface area contributed by atoms with Gasteiger partial charge in [-0.25, -0.2) is 0 Å². The van der Waals surface area contributed by atoms with Gasteiger partial charge < -0.3 is 5.32 Å². The number of aromatic nitrogens is 4. The predicted molar refractivity (Wildman–Crippen MR) is 94.4 cm³/mol. The van der Waals surface area contributed by atoms with Crippen LogP contribution in [-0.4, -0.2) is 20.2 Å². The first-order valence-corrected chi connectivity index (χ1v) is 8.19. The molecule has 1 aromatic heterocycles. The van der Waals surface area contributed by atoms with Crippen molar-refractivity contribution in [3.8, 4) is 0 Å². The van der Waals surface area contributed by atoms with E-state index in [4.69, 9.17) is 0 Å². The third-order valence-corrected chi connectivity index (χ3v) is 4.27. The molecule has 0 spiro atoms. The van der Waals surface area contributed by atoms with Gasteiger partial charge in [-0.05, 0) is 47.7 Å². The van der Waals surface area contributed by atoms with E-state index in [1.807, 2.05) is 6.07 Å². The quantitative estimate of drug-likeness (QED) is 0.758. The maximum absolute atomic E-state index is 4.25. The zero-order chi connectivity index (χ0) is 16.9. The fraction of sp³-hybridized carbons (Fsp3) is 0.316. The van der Waals surface area contributed by atoms with Gasteiger partial charge in [-0.15, -0.1) is 10.2 Å². The Morgan fingerprint density at radius 3 is 2.50 bits per heavy atom. The van der Waals surface area contributed by atoms with Crippen LogP contribution in [0.1, 0.15) is 34.1 Å². The molecule has 0 amide bonds. The minimum atomic E-state index is 0.204. The summed E-state index contributed by atoms with van der Waals surface area (Å²) < 4.78 is 0. The van der Waals surface area contributed by atoms with Crippen LogP contribution in [0.3, 0.4) is 0 Å². The van der Waals surface area contributed by atoms with E-state index in [2.05, 4.69) is 77.0 Å². The number of tetrazole rings is 1. The number of rotatable bonds is 6. The third-order valence-electron chi connectivity index (χ3n) is 4.27. The smallest absolute Gasteiger partial charge is 0.188 e. The van der Waals surface area contributed by atoms with Crippen molar-refractivity contribution in [1.29, 1.82) is 0 Å². The molecule has 3 aromatic rings. The fourth-order valence-electron chi connectivity index (χ4n) is 2.75. The summed E-state index contributed by atoms with van der Waals surface area (Å²) in [7, 11) is 1.78. The highest BCUT2D eigenvalue weighted by atomic mass is 15.6. The Balaban J connectivity index is 1.80. The van der Waals surface area contributed by atoms with Crippen LogP contribution in [0.2, 0.25) is 0 Å². The summed E-state index contributed by atoms with van der Waals surface area (Å²) >= 11 is 0. The maximum Gasteiger partial charge on any atom is 0.188 e. The van der Waals surface area contributed by atoms with E-state index in [9.17, 15) is 0 Å². The van der Waals surface area contributed by atoms with Crippen molar-refractivity contribution in [3.05, 3.63) is 76.6 Å². The van der Waals surface area contributed by atoms with E-state index in [0.717, 1.165) is 6.42 Å². The van der Waals surface area contributed by atoms with Crippen LogP contribution in [0.25, 0.3) is 0 Å². The number of hydrogen-bond acceptors (Lipinski definition) is 4. The molecule has 3 rings (SSSR count). The predicted octanol–water partition coefficient (Wildman–Crippen LogP) is 2.90. The summed E-state index contributed by atoms with van der Waals surface area (Å²) in [4.78, 5) is 1.49. The van der Waals surface area contributed by atoms with Crippen LogP contribution >= 0.6 is 0 Å². The van der Waals surface area contributed by atoms with E-state index in [1.54, 1.807) is 7.05 Å². The molecule has 1 atom stereocenters. The fourth-order valence-corrected chi connectivity index (χ4v) is 2.75. The van der Waals surface area contributed by atoms with E-state index >= 15 is 0 Å². The summed E-state index contributed by atoms with van der Waals surface area (Å²) in [5, 5.41) is 15.8. The first-order valence-electron chi connectivity index (χ1n) is 8.19. The second kappa shape index (κ2) is 7.36. The Kier molecular flexibility index (Phi) is 5.01. The molecule has 0 unspecified atom stereocenters. The number of nitrogens with zero attached hydrogens (tertiary/aromatic N) is 4. The number of benzene rings is 2. The Morgan fingerprint density at radius 1 is 1.04 bits per heavy atom. The Morgan fingerprint density at radius 2 is 1.83 bits per heavy atom. The molecule has 1 heterocycles. The molecular weight excluding hydrogens is 298 g/mol. The van der Waals surface area contributed by atoms with Gasteiger partial charge in [-0.1, -0.05) is 48.5 Å². The summed E-state index contributed by atoms with van der Waals surface area (Å²) in [5.74, 6) is 0.708. The Bertz CT molecular complexity index is 795. The summed E-state index contributed by atoms with van der Waals surface area (Å²) in [5.41, 5.74) is 5.21. The van der Waals surface area contributed by atoms with Gasteiger partial charge >= 0.3 is 0 Å². The van der Waals surface area contributed by atoms with Gasteiger partial charge in [0.05, 0.1) is 13.6 Å². The number of nitrogens with one attached hydrogen (secondary N) is 1. The van der Waals surface area contributed by atoms with Gasteiger partial charge in [0.15, 0.2) is 5.82 Å². The minimum Gasteiger partial charge on any atom is -0.302 e. The lowest BCUT2D eigenvalue weighted by Crippen LogP contribution is -2.24. The average molecular weight is 321 g/mol. The van der Waals surface area contributed by atoms with Gasteiger partial charge in [-0.2, -0.15) is 4.80 Å². The first kappa shape index (κ1) is 16.3. The molecule has 5 heteroatoms. The highest BCUT2D eigenvalue weighted by Crippen LogP contribution is 2.21. The average Bonchev–Trinajstić information content (AvgIpc) is 3.00. The van der Waals surface area contributed by atoms with Crippen LogP contribution in [-0.2, 0) is 20.0 Å². The van der Waals surface area contributed by atoms with Gasteiger partial charge in [0.25, 0.3) is 0 Å².